The van der Waals surface area contributed by atoms with Crippen LogP contribution >= 0.6 is 11.6 Å². The van der Waals surface area contributed by atoms with Crippen molar-refractivity contribution in [3.63, 3.8) is 0 Å². The Labute approximate surface area is 110 Å². The van der Waals surface area contributed by atoms with Crippen molar-refractivity contribution >= 4 is 21.8 Å². The molecule has 0 aromatic heterocycles. The smallest absolute Gasteiger partial charge is 0.195 e. The molecule has 0 bridgehead atoms. The summed E-state index contributed by atoms with van der Waals surface area (Å²) < 4.78 is 27.7. The molecule has 1 fully saturated rings. The lowest BCUT2D eigenvalue weighted by atomic mass is 10.1. The maximum Gasteiger partial charge on any atom is 0.281 e. The lowest BCUT2D eigenvalue weighted by Gasteiger charge is -2.35. The summed E-state index contributed by atoms with van der Waals surface area (Å²) in [7, 11) is -1.66. The van der Waals surface area contributed by atoms with Crippen molar-refractivity contribution in [1.29, 1.82) is 0 Å². The van der Waals surface area contributed by atoms with Gasteiger partial charge < -0.3 is 0 Å². The number of nitrogens with zero attached hydrogens (tertiary/aromatic N) is 2. The standard InChI is InChI=1S/C11H23ClN2O2S/c1-10(12)7-9-13(3)17(15,16)14-8-5-4-6-11(14)2/h10-11H,4-9H2,1-3H3. The summed E-state index contributed by atoms with van der Waals surface area (Å²) in [6.07, 6.45) is 3.72. The topological polar surface area (TPSA) is 40.6 Å². The van der Waals surface area contributed by atoms with Gasteiger partial charge in [-0.15, -0.1) is 11.6 Å². The Morgan fingerprint density at radius 1 is 1.47 bits per heavy atom. The van der Waals surface area contributed by atoms with Crippen molar-refractivity contribution < 1.29 is 8.42 Å². The SMILES string of the molecule is CC(Cl)CCN(C)S(=O)(=O)N1CCCCC1C. The average Bonchev–Trinajstić information content (AvgIpc) is 2.26. The Hall–Kier alpha value is 0.160. The number of rotatable bonds is 5. The fourth-order valence-corrected chi connectivity index (χ4v) is 3.78. The minimum absolute atomic E-state index is 0.00595. The van der Waals surface area contributed by atoms with Gasteiger partial charge in [-0.1, -0.05) is 6.42 Å². The van der Waals surface area contributed by atoms with Crippen molar-refractivity contribution in [1.82, 2.24) is 8.61 Å². The fourth-order valence-electron chi connectivity index (χ4n) is 2.07. The largest absolute Gasteiger partial charge is 0.281 e. The number of halogens is 1. The van der Waals surface area contributed by atoms with E-state index in [0.29, 0.717) is 19.5 Å². The van der Waals surface area contributed by atoms with Gasteiger partial charge in [0.1, 0.15) is 0 Å². The maximum absolute atomic E-state index is 12.3. The summed E-state index contributed by atoms with van der Waals surface area (Å²) in [5.41, 5.74) is 0. The van der Waals surface area contributed by atoms with Crippen LogP contribution in [0.25, 0.3) is 0 Å². The number of piperidine rings is 1. The molecule has 1 aliphatic heterocycles. The highest BCUT2D eigenvalue weighted by Gasteiger charge is 2.32. The molecule has 0 aliphatic carbocycles. The molecule has 102 valence electrons. The predicted octanol–water partition coefficient (Wildman–Crippen LogP) is 2.05. The van der Waals surface area contributed by atoms with Crippen LogP contribution < -0.4 is 0 Å². The molecule has 2 atom stereocenters. The Bertz CT molecular complexity index is 332. The third-order valence-electron chi connectivity index (χ3n) is 3.27. The summed E-state index contributed by atoms with van der Waals surface area (Å²) in [6, 6.07) is 0.115. The van der Waals surface area contributed by atoms with Gasteiger partial charge in [0.2, 0.25) is 0 Å². The van der Waals surface area contributed by atoms with Gasteiger partial charge in [0, 0.05) is 31.6 Å². The second-order valence-electron chi connectivity index (χ2n) is 4.85. The quantitative estimate of drug-likeness (QED) is 0.724. The summed E-state index contributed by atoms with van der Waals surface area (Å²) >= 11 is 5.85. The van der Waals surface area contributed by atoms with E-state index in [9.17, 15) is 8.42 Å². The van der Waals surface area contributed by atoms with Crippen LogP contribution in [0.3, 0.4) is 0 Å². The van der Waals surface area contributed by atoms with Crippen LogP contribution in [0.1, 0.15) is 39.5 Å². The number of hydrogen-bond acceptors (Lipinski definition) is 2. The molecular weight excluding hydrogens is 260 g/mol. The van der Waals surface area contributed by atoms with E-state index in [0.717, 1.165) is 19.3 Å². The molecule has 1 rings (SSSR count). The zero-order chi connectivity index (χ0) is 13.1. The molecule has 17 heavy (non-hydrogen) atoms. The predicted molar refractivity (Wildman–Crippen MR) is 71.5 cm³/mol. The van der Waals surface area contributed by atoms with Crippen molar-refractivity contribution in [3.8, 4) is 0 Å². The molecule has 0 spiro atoms. The molecule has 0 radical (unpaired) electrons. The van der Waals surface area contributed by atoms with Crippen LogP contribution in [0.15, 0.2) is 0 Å². The van der Waals surface area contributed by atoms with Crippen LogP contribution in [0.2, 0.25) is 0 Å². The van der Waals surface area contributed by atoms with Gasteiger partial charge in [-0.25, -0.2) is 0 Å². The fraction of sp³-hybridized carbons (Fsp3) is 1.00. The Balaban J connectivity index is 2.65. The molecule has 0 N–H and O–H groups in total. The average molecular weight is 283 g/mol. The first-order valence-electron chi connectivity index (χ1n) is 6.23. The molecule has 4 nitrogen and oxygen atoms in total. The number of alkyl halides is 1. The highest BCUT2D eigenvalue weighted by molar-refractivity contribution is 7.86. The molecule has 1 saturated heterocycles. The van der Waals surface area contributed by atoms with E-state index in [-0.39, 0.29) is 11.4 Å². The second kappa shape index (κ2) is 6.36. The molecule has 0 amide bonds. The van der Waals surface area contributed by atoms with E-state index in [4.69, 9.17) is 11.6 Å². The van der Waals surface area contributed by atoms with Crippen molar-refractivity contribution in [3.05, 3.63) is 0 Å². The van der Waals surface area contributed by atoms with Gasteiger partial charge in [-0.3, -0.25) is 0 Å². The lowest BCUT2D eigenvalue weighted by molar-refractivity contribution is 0.250. The van der Waals surface area contributed by atoms with Gasteiger partial charge in [0.15, 0.2) is 0 Å². The first-order valence-corrected chi connectivity index (χ1v) is 8.06. The highest BCUT2D eigenvalue weighted by Crippen LogP contribution is 2.21. The monoisotopic (exact) mass is 282 g/mol. The van der Waals surface area contributed by atoms with E-state index < -0.39 is 10.2 Å². The van der Waals surface area contributed by atoms with E-state index in [1.807, 2.05) is 13.8 Å². The van der Waals surface area contributed by atoms with Crippen molar-refractivity contribution in [2.24, 2.45) is 0 Å². The third kappa shape index (κ3) is 4.09. The maximum atomic E-state index is 12.3. The third-order valence-corrected chi connectivity index (χ3v) is 5.60. The van der Waals surface area contributed by atoms with E-state index >= 15 is 0 Å². The molecule has 0 saturated carbocycles. The molecule has 0 aromatic carbocycles. The van der Waals surface area contributed by atoms with Crippen LogP contribution in [-0.2, 0) is 10.2 Å². The summed E-state index contributed by atoms with van der Waals surface area (Å²) in [5, 5.41) is 0.00595. The zero-order valence-corrected chi connectivity index (χ0v) is 12.5. The Morgan fingerprint density at radius 3 is 2.65 bits per heavy atom. The van der Waals surface area contributed by atoms with Gasteiger partial charge in [0.25, 0.3) is 10.2 Å². The van der Waals surface area contributed by atoms with E-state index in [2.05, 4.69) is 0 Å². The van der Waals surface area contributed by atoms with E-state index in [1.54, 1.807) is 11.4 Å². The summed E-state index contributed by atoms with van der Waals surface area (Å²) in [5.74, 6) is 0. The van der Waals surface area contributed by atoms with Crippen LogP contribution in [0.4, 0.5) is 0 Å². The van der Waals surface area contributed by atoms with Crippen molar-refractivity contribution in [2.45, 2.75) is 50.9 Å². The first kappa shape index (κ1) is 15.2. The molecule has 1 heterocycles. The lowest BCUT2D eigenvalue weighted by Crippen LogP contribution is -2.48. The summed E-state index contributed by atoms with van der Waals surface area (Å²) in [4.78, 5) is 0. The molecule has 0 aromatic rings. The molecule has 1 aliphatic rings. The minimum Gasteiger partial charge on any atom is -0.195 e. The zero-order valence-electron chi connectivity index (χ0n) is 10.9. The molecule has 6 heteroatoms. The molecule has 2 unspecified atom stereocenters. The highest BCUT2D eigenvalue weighted by atomic mass is 35.5. The van der Waals surface area contributed by atoms with Crippen LogP contribution in [-0.4, -0.2) is 48.6 Å². The van der Waals surface area contributed by atoms with Gasteiger partial charge in [-0.05, 0) is 33.1 Å². The molecular formula is C11H23ClN2O2S. The Kier molecular flexibility index (Phi) is 5.70. The minimum atomic E-state index is -3.30. The van der Waals surface area contributed by atoms with Gasteiger partial charge in [0.05, 0.1) is 0 Å². The Morgan fingerprint density at radius 2 is 2.12 bits per heavy atom. The summed E-state index contributed by atoms with van der Waals surface area (Å²) in [6.45, 7) is 4.99. The van der Waals surface area contributed by atoms with Gasteiger partial charge in [-0.2, -0.15) is 17.0 Å². The second-order valence-corrected chi connectivity index (χ2v) is 7.59. The number of hydrogen-bond donors (Lipinski definition) is 0. The van der Waals surface area contributed by atoms with Crippen molar-refractivity contribution in [2.75, 3.05) is 20.1 Å². The normalized spacial score (nSPS) is 25.1. The van der Waals surface area contributed by atoms with E-state index in [1.165, 1.54) is 4.31 Å². The van der Waals surface area contributed by atoms with Crippen LogP contribution in [0, 0.1) is 0 Å². The first-order chi connectivity index (χ1) is 7.85. The van der Waals surface area contributed by atoms with Crippen LogP contribution in [0.5, 0.6) is 0 Å². The van der Waals surface area contributed by atoms with Gasteiger partial charge >= 0.3 is 0 Å².